The first-order valence-electron chi connectivity index (χ1n) is 6.31. The first-order valence-corrected chi connectivity index (χ1v) is 6.69. The van der Waals surface area contributed by atoms with Crippen LogP contribution >= 0.6 is 11.6 Å². The molecule has 2 aliphatic heterocycles. The Hall–Kier alpha value is -0.620. The summed E-state index contributed by atoms with van der Waals surface area (Å²) in [5.74, 6) is 0.476. The third-order valence-corrected chi connectivity index (χ3v) is 4.35. The number of hydrogen-bond acceptors (Lipinski definition) is 4. The van der Waals surface area contributed by atoms with Crippen molar-refractivity contribution in [3.8, 4) is 0 Å². The first-order chi connectivity index (χ1) is 8.72. The van der Waals surface area contributed by atoms with Gasteiger partial charge in [0.2, 0.25) is 0 Å². The van der Waals surface area contributed by atoms with Crippen molar-refractivity contribution in [2.75, 3.05) is 39.5 Å². The van der Waals surface area contributed by atoms with E-state index in [1.165, 1.54) is 0 Å². The lowest BCUT2D eigenvalue weighted by Gasteiger charge is -2.24. The van der Waals surface area contributed by atoms with Gasteiger partial charge in [-0.25, -0.2) is 0 Å². The number of ether oxygens (including phenoxy) is 1. The highest BCUT2D eigenvalue weighted by Gasteiger charge is 2.49. The Balaban J connectivity index is 1.56. The maximum atomic E-state index is 9.59. The minimum absolute atomic E-state index is 0.0260. The topological polar surface area (TPSA) is 50.5 Å². The van der Waals surface area contributed by atoms with Crippen LogP contribution in [0.4, 0.5) is 0 Å². The number of nitrogens with zero attached hydrogens (tertiary/aromatic N) is 3. The fourth-order valence-corrected chi connectivity index (χ4v) is 3.20. The number of likely N-dealkylation sites (tertiary alicyclic amines) is 1. The van der Waals surface area contributed by atoms with Gasteiger partial charge in [0, 0.05) is 37.2 Å². The second kappa shape index (κ2) is 4.81. The van der Waals surface area contributed by atoms with Crippen LogP contribution in [0.5, 0.6) is 0 Å². The average Bonchev–Trinajstić information content (AvgIpc) is 2.99. The summed E-state index contributed by atoms with van der Waals surface area (Å²) in [6.07, 6.45) is 3.49. The number of halogens is 1. The van der Waals surface area contributed by atoms with E-state index >= 15 is 0 Å². The number of rotatable bonds is 4. The third-order valence-electron chi connectivity index (χ3n) is 4.15. The molecule has 2 saturated heterocycles. The van der Waals surface area contributed by atoms with E-state index in [0.717, 1.165) is 32.8 Å². The van der Waals surface area contributed by atoms with Gasteiger partial charge in [-0.15, -0.1) is 0 Å². The summed E-state index contributed by atoms with van der Waals surface area (Å²) < 4.78 is 7.36. The number of fused-ring (bicyclic) bond motifs is 1. The van der Waals surface area contributed by atoms with Crippen LogP contribution in [-0.2, 0) is 11.3 Å². The molecule has 0 amide bonds. The Morgan fingerprint density at radius 1 is 1.56 bits per heavy atom. The van der Waals surface area contributed by atoms with Crippen molar-refractivity contribution < 1.29 is 9.84 Å². The van der Waals surface area contributed by atoms with Crippen molar-refractivity contribution in [2.45, 2.75) is 6.54 Å². The minimum Gasteiger partial charge on any atom is -0.396 e. The number of aromatic nitrogens is 2. The van der Waals surface area contributed by atoms with Gasteiger partial charge in [0.25, 0.3) is 0 Å². The SMILES string of the molecule is OC[C@@]12COC[C@@H]1CN(CCn1cc(Cl)cn1)C2. The largest absolute Gasteiger partial charge is 0.396 e. The standard InChI is InChI=1S/C12H18ClN3O2/c13-11-3-14-16(5-11)2-1-15-4-10-6-18-9-12(10,7-15)8-17/h3,5,10,17H,1-2,4,6-9H2/t10-,12-/m0/s1. The van der Waals surface area contributed by atoms with E-state index in [9.17, 15) is 5.11 Å². The molecule has 2 fully saturated rings. The van der Waals surface area contributed by atoms with Crippen molar-refractivity contribution in [3.05, 3.63) is 17.4 Å². The van der Waals surface area contributed by atoms with Gasteiger partial charge in [-0.05, 0) is 0 Å². The maximum Gasteiger partial charge on any atom is 0.0785 e. The molecule has 18 heavy (non-hydrogen) atoms. The van der Waals surface area contributed by atoms with Crippen LogP contribution in [0.25, 0.3) is 0 Å². The van der Waals surface area contributed by atoms with Gasteiger partial charge in [-0.3, -0.25) is 4.68 Å². The predicted molar refractivity (Wildman–Crippen MR) is 67.5 cm³/mol. The molecule has 2 aliphatic rings. The van der Waals surface area contributed by atoms with Crippen molar-refractivity contribution >= 4 is 11.6 Å². The van der Waals surface area contributed by atoms with Crippen LogP contribution < -0.4 is 0 Å². The summed E-state index contributed by atoms with van der Waals surface area (Å²) in [5.41, 5.74) is -0.0260. The molecule has 0 saturated carbocycles. The maximum absolute atomic E-state index is 9.59. The minimum atomic E-state index is -0.0260. The van der Waals surface area contributed by atoms with E-state index in [0.29, 0.717) is 17.5 Å². The molecule has 6 heteroatoms. The summed E-state index contributed by atoms with van der Waals surface area (Å²) in [6.45, 7) is 5.40. The molecule has 0 bridgehead atoms. The average molecular weight is 272 g/mol. The van der Waals surface area contributed by atoms with Crippen LogP contribution in [0, 0.1) is 11.3 Å². The van der Waals surface area contributed by atoms with Gasteiger partial charge in [-0.1, -0.05) is 11.6 Å². The third kappa shape index (κ3) is 2.16. The fourth-order valence-electron chi connectivity index (χ4n) is 3.04. The van der Waals surface area contributed by atoms with E-state index in [2.05, 4.69) is 10.00 Å². The Morgan fingerprint density at radius 2 is 2.44 bits per heavy atom. The van der Waals surface area contributed by atoms with Crippen molar-refractivity contribution in [1.29, 1.82) is 0 Å². The highest BCUT2D eigenvalue weighted by molar-refractivity contribution is 6.30. The lowest BCUT2D eigenvalue weighted by molar-refractivity contribution is 0.0807. The molecule has 0 aliphatic carbocycles. The second-order valence-corrected chi connectivity index (χ2v) is 5.83. The molecule has 1 aromatic rings. The Kier molecular flexibility index (Phi) is 3.32. The molecule has 0 radical (unpaired) electrons. The molecule has 100 valence electrons. The molecule has 2 atom stereocenters. The lowest BCUT2D eigenvalue weighted by Crippen LogP contribution is -2.35. The Labute approximate surface area is 111 Å². The highest BCUT2D eigenvalue weighted by Crippen LogP contribution is 2.40. The zero-order valence-corrected chi connectivity index (χ0v) is 11.0. The van der Waals surface area contributed by atoms with Crippen molar-refractivity contribution in [1.82, 2.24) is 14.7 Å². The van der Waals surface area contributed by atoms with Crippen LogP contribution in [0.2, 0.25) is 5.02 Å². The smallest absolute Gasteiger partial charge is 0.0785 e. The first kappa shape index (κ1) is 12.4. The van der Waals surface area contributed by atoms with Gasteiger partial charge in [0.15, 0.2) is 0 Å². The van der Waals surface area contributed by atoms with E-state index in [1.54, 1.807) is 6.20 Å². The van der Waals surface area contributed by atoms with Crippen LogP contribution in [0.1, 0.15) is 0 Å². The zero-order valence-electron chi connectivity index (χ0n) is 10.3. The monoisotopic (exact) mass is 271 g/mol. The van der Waals surface area contributed by atoms with Crippen molar-refractivity contribution in [2.24, 2.45) is 11.3 Å². The van der Waals surface area contributed by atoms with E-state index in [-0.39, 0.29) is 12.0 Å². The van der Waals surface area contributed by atoms with Gasteiger partial charge in [0.1, 0.15) is 0 Å². The molecule has 0 spiro atoms. The quantitative estimate of drug-likeness (QED) is 0.865. The summed E-state index contributed by atoms with van der Waals surface area (Å²) in [7, 11) is 0. The summed E-state index contributed by atoms with van der Waals surface area (Å²) in [5, 5.41) is 14.4. The lowest BCUT2D eigenvalue weighted by atomic mass is 9.82. The van der Waals surface area contributed by atoms with E-state index < -0.39 is 0 Å². The molecule has 5 nitrogen and oxygen atoms in total. The zero-order chi connectivity index (χ0) is 12.6. The molecule has 3 heterocycles. The van der Waals surface area contributed by atoms with Crippen molar-refractivity contribution in [3.63, 3.8) is 0 Å². The van der Waals surface area contributed by atoms with E-state index in [1.807, 2.05) is 10.9 Å². The Bertz CT molecular complexity index is 425. The molecule has 1 aromatic heterocycles. The Morgan fingerprint density at radius 3 is 3.11 bits per heavy atom. The van der Waals surface area contributed by atoms with Gasteiger partial charge >= 0.3 is 0 Å². The number of aliphatic hydroxyl groups excluding tert-OH is 1. The van der Waals surface area contributed by atoms with Crippen LogP contribution in [-0.4, -0.2) is 59.2 Å². The molecule has 0 aromatic carbocycles. The van der Waals surface area contributed by atoms with Gasteiger partial charge in [-0.2, -0.15) is 5.10 Å². The summed E-state index contributed by atoms with van der Waals surface area (Å²) >= 11 is 5.83. The van der Waals surface area contributed by atoms with E-state index in [4.69, 9.17) is 16.3 Å². The fraction of sp³-hybridized carbons (Fsp3) is 0.750. The second-order valence-electron chi connectivity index (χ2n) is 5.39. The normalized spacial score (nSPS) is 32.0. The molecule has 3 rings (SSSR count). The van der Waals surface area contributed by atoms with Crippen LogP contribution in [0.15, 0.2) is 12.4 Å². The van der Waals surface area contributed by atoms with Crippen LogP contribution in [0.3, 0.4) is 0 Å². The number of hydrogen-bond donors (Lipinski definition) is 1. The molecular weight excluding hydrogens is 254 g/mol. The predicted octanol–water partition coefficient (Wildman–Crippen LogP) is 0.477. The number of aliphatic hydroxyl groups is 1. The summed E-state index contributed by atoms with van der Waals surface area (Å²) in [6, 6.07) is 0. The van der Waals surface area contributed by atoms with Gasteiger partial charge in [0.05, 0.1) is 37.6 Å². The highest BCUT2D eigenvalue weighted by atomic mass is 35.5. The molecule has 0 unspecified atom stereocenters. The molecule has 1 N–H and O–H groups in total. The summed E-state index contributed by atoms with van der Waals surface area (Å²) in [4.78, 5) is 2.39. The molecular formula is C12H18ClN3O2. The van der Waals surface area contributed by atoms with Gasteiger partial charge < -0.3 is 14.7 Å².